The van der Waals surface area contributed by atoms with E-state index in [1.54, 1.807) is 19.5 Å². The van der Waals surface area contributed by atoms with E-state index in [2.05, 4.69) is 10.3 Å². The van der Waals surface area contributed by atoms with E-state index in [9.17, 15) is 14.7 Å². The molecule has 1 aliphatic rings. The SMILES string of the molecule is COc1cccc(CN2C[C@@H](C(=O)O)C[C@@H](C(=O)NCc3cccnc3)C2)c1. The number of carbonyl (C=O) groups is 2. The summed E-state index contributed by atoms with van der Waals surface area (Å²) in [6.07, 6.45) is 3.74. The van der Waals surface area contributed by atoms with Crippen molar-refractivity contribution in [1.82, 2.24) is 15.2 Å². The number of amides is 1. The Morgan fingerprint density at radius 3 is 2.71 bits per heavy atom. The maximum Gasteiger partial charge on any atom is 0.307 e. The lowest BCUT2D eigenvalue weighted by Gasteiger charge is -2.35. The first-order valence-electron chi connectivity index (χ1n) is 9.30. The lowest BCUT2D eigenvalue weighted by molar-refractivity contribution is -0.145. The lowest BCUT2D eigenvalue weighted by Crippen LogP contribution is -2.47. The molecule has 3 rings (SSSR count). The summed E-state index contributed by atoms with van der Waals surface area (Å²) in [5.74, 6) is -1.15. The van der Waals surface area contributed by atoms with E-state index in [0.29, 0.717) is 32.6 Å². The number of nitrogens with one attached hydrogen (secondary N) is 1. The van der Waals surface area contributed by atoms with Crippen molar-refractivity contribution in [1.29, 1.82) is 0 Å². The van der Waals surface area contributed by atoms with E-state index < -0.39 is 11.9 Å². The molecule has 1 fully saturated rings. The molecule has 0 spiro atoms. The van der Waals surface area contributed by atoms with E-state index in [4.69, 9.17) is 4.74 Å². The van der Waals surface area contributed by atoms with Gasteiger partial charge < -0.3 is 15.2 Å². The van der Waals surface area contributed by atoms with Gasteiger partial charge in [0.25, 0.3) is 0 Å². The number of pyridine rings is 1. The zero-order valence-electron chi connectivity index (χ0n) is 15.9. The monoisotopic (exact) mass is 383 g/mol. The van der Waals surface area contributed by atoms with Gasteiger partial charge in [-0.3, -0.25) is 19.5 Å². The molecule has 2 N–H and O–H groups in total. The highest BCUT2D eigenvalue weighted by atomic mass is 16.5. The van der Waals surface area contributed by atoms with Crippen LogP contribution in [0.5, 0.6) is 5.75 Å². The zero-order chi connectivity index (χ0) is 19.9. The van der Waals surface area contributed by atoms with Crippen molar-refractivity contribution in [3.8, 4) is 5.75 Å². The van der Waals surface area contributed by atoms with E-state index in [0.717, 1.165) is 16.9 Å². The quantitative estimate of drug-likeness (QED) is 0.759. The normalized spacial score (nSPS) is 19.8. The summed E-state index contributed by atoms with van der Waals surface area (Å²) in [5.41, 5.74) is 1.94. The van der Waals surface area contributed by atoms with Crippen LogP contribution in [0.2, 0.25) is 0 Å². The van der Waals surface area contributed by atoms with Gasteiger partial charge in [-0.15, -0.1) is 0 Å². The zero-order valence-corrected chi connectivity index (χ0v) is 15.9. The van der Waals surface area contributed by atoms with Gasteiger partial charge in [0.2, 0.25) is 5.91 Å². The Balaban J connectivity index is 1.65. The van der Waals surface area contributed by atoms with Gasteiger partial charge in [-0.2, -0.15) is 0 Å². The Morgan fingerprint density at radius 1 is 1.21 bits per heavy atom. The number of rotatable bonds is 7. The highest BCUT2D eigenvalue weighted by Gasteiger charge is 2.35. The molecule has 2 atom stereocenters. The topological polar surface area (TPSA) is 91.8 Å². The predicted octanol–water partition coefficient (Wildman–Crippen LogP) is 1.93. The Hall–Kier alpha value is -2.93. The fourth-order valence-corrected chi connectivity index (χ4v) is 3.55. The van der Waals surface area contributed by atoms with Gasteiger partial charge in [0.1, 0.15) is 5.75 Å². The van der Waals surface area contributed by atoms with Crippen LogP contribution >= 0.6 is 0 Å². The number of aliphatic carboxylic acids is 1. The van der Waals surface area contributed by atoms with Crippen molar-refractivity contribution in [3.63, 3.8) is 0 Å². The molecule has 28 heavy (non-hydrogen) atoms. The summed E-state index contributed by atoms with van der Waals surface area (Å²) in [6.45, 7) is 1.92. The summed E-state index contributed by atoms with van der Waals surface area (Å²) in [7, 11) is 1.61. The first-order chi connectivity index (χ1) is 13.5. The van der Waals surface area contributed by atoms with Crippen LogP contribution in [0.25, 0.3) is 0 Å². The maximum atomic E-state index is 12.7. The van der Waals surface area contributed by atoms with E-state index in [1.807, 2.05) is 41.3 Å². The lowest BCUT2D eigenvalue weighted by atomic mass is 9.88. The van der Waals surface area contributed by atoms with E-state index >= 15 is 0 Å². The average Bonchev–Trinajstić information content (AvgIpc) is 2.72. The minimum atomic E-state index is -0.861. The number of carbonyl (C=O) groups excluding carboxylic acids is 1. The molecule has 0 unspecified atom stereocenters. The van der Waals surface area contributed by atoms with Crippen LogP contribution in [-0.4, -0.2) is 47.1 Å². The summed E-state index contributed by atoms with van der Waals surface area (Å²) in [6, 6.07) is 11.4. The van der Waals surface area contributed by atoms with Gasteiger partial charge in [0.15, 0.2) is 0 Å². The highest BCUT2D eigenvalue weighted by molar-refractivity contribution is 5.80. The molecule has 0 saturated carbocycles. The van der Waals surface area contributed by atoms with Crippen LogP contribution < -0.4 is 10.1 Å². The standard InChI is InChI=1S/C21H25N3O4/c1-28-19-6-2-4-15(8-19)12-24-13-17(9-18(14-24)21(26)27)20(25)23-11-16-5-3-7-22-10-16/h2-8,10,17-18H,9,11-14H2,1H3,(H,23,25)(H,26,27)/t17-,18+/m1/s1. The fourth-order valence-electron chi connectivity index (χ4n) is 3.55. The molecule has 1 aromatic heterocycles. The van der Waals surface area contributed by atoms with Crippen LogP contribution in [0.1, 0.15) is 17.5 Å². The summed E-state index contributed by atoms with van der Waals surface area (Å²) in [4.78, 5) is 30.3. The van der Waals surface area contributed by atoms with Crippen molar-refractivity contribution in [2.75, 3.05) is 20.2 Å². The van der Waals surface area contributed by atoms with Crippen molar-refractivity contribution < 1.29 is 19.4 Å². The van der Waals surface area contributed by atoms with Gasteiger partial charge >= 0.3 is 5.97 Å². The summed E-state index contributed by atoms with van der Waals surface area (Å²) in [5, 5.41) is 12.4. The molecule has 0 radical (unpaired) electrons. The molecule has 1 aliphatic heterocycles. The molecule has 1 aromatic carbocycles. The molecule has 2 heterocycles. The van der Waals surface area contributed by atoms with Crippen molar-refractivity contribution in [3.05, 3.63) is 59.9 Å². The second-order valence-electron chi connectivity index (χ2n) is 7.09. The first-order valence-corrected chi connectivity index (χ1v) is 9.30. The minimum Gasteiger partial charge on any atom is -0.497 e. The minimum absolute atomic E-state index is 0.120. The Kier molecular flexibility index (Phi) is 6.60. The van der Waals surface area contributed by atoms with Gasteiger partial charge in [0.05, 0.1) is 18.9 Å². The second-order valence-corrected chi connectivity index (χ2v) is 7.09. The van der Waals surface area contributed by atoms with Crippen LogP contribution in [0, 0.1) is 11.8 Å². The smallest absolute Gasteiger partial charge is 0.307 e. The third-order valence-electron chi connectivity index (χ3n) is 4.98. The molecule has 7 nitrogen and oxygen atoms in total. The third kappa shape index (κ3) is 5.29. The third-order valence-corrected chi connectivity index (χ3v) is 4.98. The number of nitrogens with zero attached hydrogens (tertiary/aromatic N) is 2. The number of benzene rings is 1. The Bertz CT molecular complexity index is 812. The Morgan fingerprint density at radius 2 is 2.00 bits per heavy atom. The van der Waals surface area contributed by atoms with Crippen molar-refractivity contribution in [2.24, 2.45) is 11.8 Å². The van der Waals surface area contributed by atoms with E-state index in [-0.39, 0.29) is 11.8 Å². The number of ether oxygens (including phenoxy) is 1. The van der Waals surface area contributed by atoms with Crippen LogP contribution in [-0.2, 0) is 22.7 Å². The molecule has 1 saturated heterocycles. The number of methoxy groups -OCH3 is 1. The molecule has 0 aliphatic carbocycles. The number of carboxylic acid groups (broad SMARTS) is 1. The maximum absolute atomic E-state index is 12.7. The molecule has 0 bridgehead atoms. The van der Waals surface area contributed by atoms with Gasteiger partial charge in [0, 0.05) is 38.6 Å². The van der Waals surface area contributed by atoms with E-state index in [1.165, 1.54) is 0 Å². The highest BCUT2D eigenvalue weighted by Crippen LogP contribution is 2.25. The molecule has 1 amide bonds. The first kappa shape index (κ1) is 19.8. The number of hydrogen-bond acceptors (Lipinski definition) is 5. The largest absolute Gasteiger partial charge is 0.497 e. The van der Waals surface area contributed by atoms with Gasteiger partial charge in [-0.25, -0.2) is 0 Å². The Labute approximate surface area is 164 Å². The number of aromatic nitrogens is 1. The summed E-state index contributed by atoms with van der Waals surface area (Å²) < 4.78 is 5.25. The predicted molar refractivity (Wildman–Crippen MR) is 104 cm³/mol. The molecule has 7 heteroatoms. The average molecular weight is 383 g/mol. The van der Waals surface area contributed by atoms with Crippen LogP contribution in [0.4, 0.5) is 0 Å². The number of piperidine rings is 1. The molecular weight excluding hydrogens is 358 g/mol. The van der Waals surface area contributed by atoms with Crippen LogP contribution in [0.3, 0.4) is 0 Å². The summed E-state index contributed by atoms with van der Waals surface area (Å²) >= 11 is 0. The number of carboxylic acids is 1. The fraction of sp³-hybridized carbons (Fsp3) is 0.381. The second kappa shape index (κ2) is 9.32. The molecule has 2 aromatic rings. The van der Waals surface area contributed by atoms with Gasteiger partial charge in [-0.1, -0.05) is 18.2 Å². The number of hydrogen-bond donors (Lipinski definition) is 2. The van der Waals surface area contributed by atoms with Crippen molar-refractivity contribution >= 4 is 11.9 Å². The number of likely N-dealkylation sites (tertiary alicyclic amines) is 1. The molecular formula is C21H25N3O4. The van der Waals surface area contributed by atoms with Crippen LogP contribution in [0.15, 0.2) is 48.8 Å². The van der Waals surface area contributed by atoms with Gasteiger partial charge in [-0.05, 0) is 35.7 Å². The molecule has 148 valence electrons. The van der Waals surface area contributed by atoms with Crippen molar-refractivity contribution in [2.45, 2.75) is 19.5 Å².